The highest BCUT2D eigenvalue weighted by Crippen LogP contribution is 2.38. The molecule has 1 aromatic rings. The SMILES string of the molecule is CCCNc1cc(NCCOCC(F)F)nc(C2CC2)n1. The molecular formula is C14H22F2N4O. The van der Waals surface area contributed by atoms with Gasteiger partial charge in [-0.15, -0.1) is 0 Å². The van der Waals surface area contributed by atoms with E-state index in [9.17, 15) is 8.78 Å². The molecule has 0 unspecified atom stereocenters. The number of nitrogens with one attached hydrogen (secondary N) is 2. The zero-order valence-corrected chi connectivity index (χ0v) is 12.2. The molecule has 1 aliphatic rings. The number of rotatable bonds is 10. The van der Waals surface area contributed by atoms with Crippen molar-refractivity contribution in [1.29, 1.82) is 0 Å². The number of halogens is 2. The van der Waals surface area contributed by atoms with E-state index < -0.39 is 13.0 Å². The number of nitrogens with zero attached hydrogens (tertiary/aromatic N) is 2. The summed E-state index contributed by atoms with van der Waals surface area (Å²) in [5.74, 6) is 2.84. The molecule has 0 spiro atoms. The molecule has 1 fully saturated rings. The van der Waals surface area contributed by atoms with Crippen molar-refractivity contribution in [3.8, 4) is 0 Å². The molecule has 1 aromatic heterocycles. The largest absolute Gasteiger partial charge is 0.374 e. The predicted octanol–water partition coefficient (Wildman–Crippen LogP) is 2.87. The van der Waals surface area contributed by atoms with Crippen LogP contribution in [0.25, 0.3) is 0 Å². The second-order valence-corrected chi connectivity index (χ2v) is 5.09. The summed E-state index contributed by atoms with van der Waals surface area (Å²) in [6.45, 7) is 3.10. The quantitative estimate of drug-likeness (QED) is 0.651. The smallest absolute Gasteiger partial charge is 0.261 e. The lowest BCUT2D eigenvalue weighted by Gasteiger charge is -2.11. The van der Waals surface area contributed by atoms with Gasteiger partial charge in [0.15, 0.2) is 0 Å². The zero-order valence-electron chi connectivity index (χ0n) is 12.2. The summed E-state index contributed by atoms with van der Waals surface area (Å²) < 4.78 is 28.7. The number of hydrogen-bond acceptors (Lipinski definition) is 5. The van der Waals surface area contributed by atoms with E-state index in [0.29, 0.717) is 18.3 Å². The highest BCUT2D eigenvalue weighted by molar-refractivity contribution is 5.48. The molecule has 1 saturated carbocycles. The van der Waals surface area contributed by atoms with Crippen molar-refractivity contribution in [1.82, 2.24) is 9.97 Å². The van der Waals surface area contributed by atoms with Crippen molar-refractivity contribution in [3.05, 3.63) is 11.9 Å². The van der Waals surface area contributed by atoms with E-state index in [1.165, 1.54) is 0 Å². The van der Waals surface area contributed by atoms with Crippen LogP contribution in [0.15, 0.2) is 6.07 Å². The van der Waals surface area contributed by atoms with Gasteiger partial charge in [-0.05, 0) is 19.3 Å². The van der Waals surface area contributed by atoms with Crippen molar-refractivity contribution >= 4 is 11.6 Å². The second kappa shape index (κ2) is 8.07. The fourth-order valence-corrected chi connectivity index (χ4v) is 1.85. The Kier molecular flexibility index (Phi) is 6.10. The molecular weight excluding hydrogens is 278 g/mol. The Bertz CT molecular complexity index is 441. The zero-order chi connectivity index (χ0) is 15.1. The van der Waals surface area contributed by atoms with Gasteiger partial charge in [0.25, 0.3) is 6.43 Å². The highest BCUT2D eigenvalue weighted by atomic mass is 19.3. The molecule has 0 bridgehead atoms. The summed E-state index contributed by atoms with van der Waals surface area (Å²) in [7, 11) is 0. The van der Waals surface area contributed by atoms with Gasteiger partial charge in [0, 0.05) is 25.1 Å². The fraction of sp³-hybridized carbons (Fsp3) is 0.714. The second-order valence-electron chi connectivity index (χ2n) is 5.09. The van der Waals surface area contributed by atoms with Gasteiger partial charge in [0.1, 0.15) is 24.1 Å². The highest BCUT2D eigenvalue weighted by Gasteiger charge is 2.27. The minimum Gasteiger partial charge on any atom is -0.374 e. The molecule has 7 heteroatoms. The van der Waals surface area contributed by atoms with Crippen molar-refractivity contribution in [3.63, 3.8) is 0 Å². The molecule has 1 aliphatic carbocycles. The molecule has 2 rings (SSSR count). The van der Waals surface area contributed by atoms with Crippen molar-refractivity contribution < 1.29 is 13.5 Å². The van der Waals surface area contributed by atoms with Gasteiger partial charge in [0.2, 0.25) is 0 Å². The molecule has 0 saturated heterocycles. The monoisotopic (exact) mass is 300 g/mol. The normalized spacial score (nSPS) is 14.5. The molecule has 0 radical (unpaired) electrons. The van der Waals surface area contributed by atoms with Gasteiger partial charge >= 0.3 is 0 Å². The van der Waals surface area contributed by atoms with E-state index in [-0.39, 0.29) is 6.61 Å². The Morgan fingerprint density at radius 3 is 2.48 bits per heavy atom. The average Bonchev–Trinajstić information content (AvgIpc) is 3.29. The molecule has 118 valence electrons. The Morgan fingerprint density at radius 1 is 1.24 bits per heavy atom. The van der Waals surface area contributed by atoms with Gasteiger partial charge in [-0.3, -0.25) is 0 Å². The lowest BCUT2D eigenvalue weighted by molar-refractivity contribution is 0.0215. The van der Waals surface area contributed by atoms with Crippen LogP contribution in [0.4, 0.5) is 20.4 Å². The van der Waals surface area contributed by atoms with Crippen LogP contribution in [0.3, 0.4) is 0 Å². The lowest BCUT2D eigenvalue weighted by atomic mass is 10.3. The summed E-state index contributed by atoms with van der Waals surface area (Å²) in [5, 5.41) is 6.35. The average molecular weight is 300 g/mol. The first-order valence-corrected chi connectivity index (χ1v) is 7.41. The number of aromatic nitrogens is 2. The summed E-state index contributed by atoms with van der Waals surface area (Å²) in [6.07, 6.45) is 0.866. The first-order valence-electron chi connectivity index (χ1n) is 7.41. The molecule has 0 aliphatic heterocycles. The Morgan fingerprint density at radius 2 is 1.90 bits per heavy atom. The minimum absolute atomic E-state index is 0.227. The van der Waals surface area contributed by atoms with Crippen LogP contribution < -0.4 is 10.6 Å². The maximum Gasteiger partial charge on any atom is 0.261 e. The number of ether oxygens (including phenoxy) is 1. The molecule has 0 amide bonds. The lowest BCUT2D eigenvalue weighted by Crippen LogP contribution is -2.15. The Hall–Kier alpha value is -1.50. The molecule has 1 heterocycles. The van der Waals surface area contributed by atoms with Crippen molar-refractivity contribution in [2.75, 3.05) is 36.9 Å². The number of anilines is 2. The fourth-order valence-electron chi connectivity index (χ4n) is 1.85. The van der Waals surface area contributed by atoms with Crippen LogP contribution in [0.5, 0.6) is 0 Å². The van der Waals surface area contributed by atoms with E-state index in [1.807, 2.05) is 6.07 Å². The van der Waals surface area contributed by atoms with E-state index >= 15 is 0 Å². The van der Waals surface area contributed by atoms with E-state index in [4.69, 9.17) is 4.74 Å². The van der Waals surface area contributed by atoms with E-state index in [0.717, 1.165) is 37.4 Å². The Balaban J connectivity index is 1.86. The first-order chi connectivity index (χ1) is 10.2. The standard InChI is InChI=1S/C14H22F2N4O/c1-2-5-17-12-8-13(18-6-7-21-9-11(15)16)20-14(19-12)10-3-4-10/h8,10-11H,2-7,9H2,1H3,(H2,17,18,19,20). The van der Waals surface area contributed by atoms with Crippen molar-refractivity contribution in [2.45, 2.75) is 38.5 Å². The van der Waals surface area contributed by atoms with Crippen LogP contribution in [0.2, 0.25) is 0 Å². The van der Waals surface area contributed by atoms with Gasteiger partial charge in [0.05, 0.1) is 6.61 Å². The molecule has 21 heavy (non-hydrogen) atoms. The maximum atomic E-state index is 11.9. The Labute approximate surface area is 123 Å². The van der Waals surface area contributed by atoms with Crippen LogP contribution in [-0.4, -0.2) is 42.7 Å². The molecule has 2 N–H and O–H groups in total. The third kappa shape index (κ3) is 5.79. The van der Waals surface area contributed by atoms with E-state index in [1.54, 1.807) is 0 Å². The molecule has 5 nitrogen and oxygen atoms in total. The molecule has 0 aromatic carbocycles. The topological polar surface area (TPSA) is 59.1 Å². The van der Waals surface area contributed by atoms with Crippen LogP contribution in [-0.2, 0) is 4.74 Å². The van der Waals surface area contributed by atoms with Crippen LogP contribution >= 0.6 is 0 Å². The summed E-state index contributed by atoms with van der Waals surface area (Å²) >= 11 is 0. The summed E-state index contributed by atoms with van der Waals surface area (Å²) in [4.78, 5) is 8.98. The van der Waals surface area contributed by atoms with Gasteiger partial charge in [-0.2, -0.15) is 0 Å². The van der Waals surface area contributed by atoms with Crippen LogP contribution in [0.1, 0.15) is 37.9 Å². The van der Waals surface area contributed by atoms with Crippen molar-refractivity contribution in [2.24, 2.45) is 0 Å². The maximum absolute atomic E-state index is 11.9. The number of hydrogen-bond donors (Lipinski definition) is 2. The predicted molar refractivity (Wildman–Crippen MR) is 78.1 cm³/mol. The summed E-state index contributed by atoms with van der Waals surface area (Å²) in [5.41, 5.74) is 0. The third-order valence-electron chi connectivity index (χ3n) is 3.04. The van der Waals surface area contributed by atoms with Gasteiger partial charge < -0.3 is 15.4 Å². The first kappa shape index (κ1) is 15.9. The number of alkyl halides is 2. The van der Waals surface area contributed by atoms with Gasteiger partial charge in [-0.25, -0.2) is 18.7 Å². The minimum atomic E-state index is -2.42. The van der Waals surface area contributed by atoms with Gasteiger partial charge in [-0.1, -0.05) is 6.92 Å². The van der Waals surface area contributed by atoms with E-state index in [2.05, 4.69) is 27.5 Å². The van der Waals surface area contributed by atoms with Crippen LogP contribution in [0, 0.1) is 0 Å². The molecule has 0 atom stereocenters. The third-order valence-corrected chi connectivity index (χ3v) is 3.04. The summed E-state index contributed by atoms with van der Waals surface area (Å²) in [6, 6.07) is 1.84.